The predicted molar refractivity (Wildman–Crippen MR) is 115 cm³/mol. The van der Waals surface area contributed by atoms with E-state index >= 15 is 0 Å². The third-order valence-electron chi connectivity index (χ3n) is 4.84. The molecule has 0 aliphatic rings. The van der Waals surface area contributed by atoms with Gasteiger partial charge in [0.05, 0.1) is 18.3 Å². The molecule has 160 valence electrons. The molecule has 3 aromatic heterocycles. The van der Waals surface area contributed by atoms with Gasteiger partial charge in [-0.15, -0.1) is 0 Å². The second-order valence-electron chi connectivity index (χ2n) is 7.31. The van der Waals surface area contributed by atoms with Crippen LogP contribution in [-0.4, -0.2) is 26.3 Å². The highest BCUT2D eigenvalue weighted by Gasteiger charge is 2.27. The lowest BCUT2D eigenvalue weighted by Gasteiger charge is -2.07. The minimum Gasteiger partial charge on any atom is -0.300 e. The van der Waals surface area contributed by atoms with Crippen molar-refractivity contribution >= 4 is 11.4 Å². The number of benzene rings is 1. The van der Waals surface area contributed by atoms with Crippen molar-refractivity contribution in [1.82, 2.24) is 14.4 Å². The van der Waals surface area contributed by atoms with E-state index in [1.165, 1.54) is 0 Å². The van der Waals surface area contributed by atoms with Crippen LogP contribution in [0.4, 0.5) is 13.2 Å². The van der Waals surface area contributed by atoms with E-state index in [1.54, 1.807) is 30.7 Å². The van der Waals surface area contributed by atoms with E-state index in [-0.39, 0.29) is 6.42 Å². The quantitative estimate of drug-likeness (QED) is 0.404. The molecule has 4 aromatic rings. The first-order valence-corrected chi connectivity index (χ1v) is 9.94. The van der Waals surface area contributed by atoms with Gasteiger partial charge in [0.2, 0.25) is 0 Å². The maximum absolute atomic E-state index is 12.3. The van der Waals surface area contributed by atoms with E-state index in [0.29, 0.717) is 11.2 Å². The molecule has 0 spiro atoms. The van der Waals surface area contributed by atoms with Gasteiger partial charge < -0.3 is 0 Å². The van der Waals surface area contributed by atoms with Crippen LogP contribution < -0.4 is 0 Å². The predicted octanol–water partition coefficient (Wildman–Crippen LogP) is 5.25. The van der Waals surface area contributed by atoms with E-state index in [2.05, 4.69) is 21.8 Å². The van der Waals surface area contributed by atoms with Crippen LogP contribution >= 0.6 is 0 Å². The molecule has 3 heterocycles. The summed E-state index contributed by atoms with van der Waals surface area (Å²) in [7, 11) is 0. The topological polar surface area (TPSA) is 47.3 Å². The average Bonchev–Trinajstić information content (AvgIpc) is 3.20. The van der Waals surface area contributed by atoms with Crippen molar-refractivity contribution in [2.24, 2.45) is 0 Å². The monoisotopic (exact) mass is 433 g/mol. The molecule has 0 fully saturated rings. The van der Waals surface area contributed by atoms with E-state index in [0.717, 1.165) is 22.4 Å². The summed E-state index contributed by atoms with van der Waals surface area (Å²) in [5.41, 5.74) is 4.65. The van der Waals surface area contributed by atoms with E-state index in [9.17, 15) is 18.0 Å². The number of imidazole rings is 1. The van der Waals surface area contributed by atoms with Gasteiger partial charge in [-0.1, -0.05) is 30.0 Å². The van der Waals surface area contributed by atoms with Crippen LogP contribution in [0.3, 0.4) is 0 Å². The van der Waals surface area contributed by atoms with Crippen molar-refractivity contribution < 1.29 is 18.0 Å². The summed E-state index contributed by atoms with van der Waals surface area (Å²) in [6.07, 6.45) is 1.02. The fourth-order valence-corrected chi connectivity index (χ4v) is 3.29. The van der Waals surface area contributed by atoms with Crippen LogP contribution in [0.1, 0.15) is 29.5 Å². The van der Waals surface area contributed by atoms with Gasteiger partial charge in [-0.2, -0.15) is 13.2 Å². The van der Waals surface area contributed by atoms with Crippen molar-refractivity contribution in [3.63, 3.8) is 0 Å². The highest BCUT2D eigenvalue weighted by atomic mass is 19.4. The molecule has 0 amide bonds. The highest BCUT2D eigenvalue weighted by molar-refractivity contribution is 5.81. The SMILES string of the molecule is O=C(CCC(F)(F)F)Cc1cccc(-c2cnc3cc(C#Cc4cccnc4)ccn23)c1. The van der Waals surface area contributed by atoms with E-state index in [4.69, 9.17) is 0 Å². The Labute approximate surface area is 182 Å². The molecule has 0 aliphatic carbocycles. The Morgan fingerprint density at radius 2 is 1.84 bits per heavy atom. The summed E-state index contributed by atoms with van der Waals surface area (Å²) in [6, 6.07) is 14.7. The molecule has 32 heavy (non-hydrogen) atoms. The van der Waals surface area contributed by atoms with Crippen LogP contribution in [0.25, 0.3) is 16.9 Å². The lowest BCUT2D eigenvalue weighted by atomic mass is 10.0. The standard InChI is InChI=1S/C25H18F3N3O/c26-25(27,28)10-8-22(32)14-20-3-1-5-21(13-20)23-17-30-24-15-18(9-12-31(23)24)6-7-19-4-2-11-29-16-19/h1-5,9,11-13,15-17H,8,10,14H2. The van der Waals surface area contributed by atoms with Gasteiger partial charge in [0.15, 0.2) is 0 Å². The second-order valence-corrected chi connectivity index (χ2v) is 7.31. The minimum absolute atomic E-state index is 0.0330. The number of rotatable bonds is 5. The first-order valence-electron chi connectivity index (χ1n) is 9.94. The van der Waals surface area contributed by atoms with Gasteiger partial charge in [-0.05, 0) is 35.9 Å². The fraction of sp³-hybridized carbons (Fsp3) is 0.160. The van der Waals surface area contributed by atoms with Crippen molar-refractivity contribution in [1.29, 1.82) is 0 Å². The van der Waals surface area contributed by atoms with Crippen molar-refractivity contribution in [2.75, 3.05) is 0 Å². The Hall–Kier alpha value is -3.92. The normalized spacial score (nSPS) is 11.2. The number of ketones is 1. The van der Waals surface area contributed by atoms with E-state index in [1.807, 2.05) is 47.0 Å². The summed E-state index contributed by atoms with van der Waals surface area (Å²) in [6.45, 7) is 0. The van der Waals surface area contributed by atoms with Gasteiger partial charge in [0.25, 0.3) is 0 Å². The lowest BCUT2D eigenvalue weighted by Crippen LogP contribution is -2.12. The molecule has 0 saturated carbocycles. The number of Topliss-reactive ketones (excluding diaryl/α,β-unsaturated/α-hetero) is 1. The zero-order valence-corrected chi connectivity index (χ0v) is 16.9. The largest absolute Gasteiger partial charge is 0.389 e. The molecule has 0 saturated heterocycles. The Morgan fingerprint density at radius 3 is 2.62 bits per heavy atom. The van der Waals surface area contributed by atoms with Crippen molar-refractivity contribution in [2.45, 2.75) is 25.4 Å². The van der Waals surface area contributed by atoms with E-state index < -0.39 is 24.8 Å². The second kappa shape index (κ2) is 9.06. The molecule has 0 radical (unpaired) electrons. The number of hydrogen-bond acceptors (Lipinski definition) is 3. The molecular weight excluding hydrogens is 415 g/mol. The van der Waals surface area contributed by atoms with Crippen LogP contribution in [0.5, 0.6) is 0 Å². The Bertz CT molecular complexity index is 1320. The summed E-state index contributed by atoms with van der Waals surface area (Å²) < 4.78 is 38.9. The number of carbonyl (C=O) groups excluding carboxylic acids is 1. The third kappa shape index (κ3) is 5.41. The number of alkyl halides is 3. The highest BCUT2D eigenvalue weighted by Crippen LogP contribution is 2.24. The maximum atomic E-state index is 12.3. The number of nitrogens with zero attached hydrogens (tertiary/aromatic N) is 3. The first kappa shape index (κ1) is 21.3. The molecule has 1 aromatic carbocycles. The van der Waals surface area contributed by atoms with Crippen LogP contribution in [0.2, 0.25) is 0 Å². The number of fused-ring (bicyclic) bond motifs is 1. The Kier molecular flexibility index (Phi) is 6.04. The number of carbonyl (C=O) groups is 1. The van der Waals surface area contributed by atoms with Crippen molar-refractivity contribution in [3.05, 3.63) is 90.0 Å². The fourth-order valence-electron chi connectivity index (χ4n) is 3.29. The molecule has 0 aliphatic heterocycles. The summed E-state index contributed by atoms with van der Waals surface area (Å²) in [5, 5.41) is 0. The molecule has 0 bridgehead atoms. The molecule has 0 atom stereocenters. The maximum Gasteiger partial charge on any atom is 0.389 e. The number of halogens is 3. The van der Waals surface area contributed by atoms with Crippen LogP contribution in [-0.2, 0) is 11.2 Å². The molecule has 4 nitrogen and oxygen atoms in total. The zero-order valence-electron chi connectivity index (χ0n) is 16.9. The van der Waals surface area contributed by atoms with Gasteiger partial charge >= 0.3 is 6.18 Å². The van der Waals surface area contributed by atoms with Gasteiger partial charge in [-0.3, -0.25) is 14.2 Å². The van der Waals surface area contributed by atoms with Gasteiger partial charge in [-0.25, -0.2) is 4.98 Å². The van der Waals surface area contributed by atoms with Crippen molar-refractivity contribution in [3.8, 4) is 23.1 Å². The molecular formula is C25H18F3N3O. The number of hydrogen-bond donors (Lipinski definition) is 0. The molecule has 4 rings (SSSR count). The minimum atomic E-state index is -4.32. The first-order chi connectivity index (χ1) is 15.4. The van der Waals surface area contributed by atoms with Crippen LogP contribution in [0.15, 0.2) is 73.3 Å². The molecule has 0 unspecified atom stereocenters. The molecule has 0 N–H and O–H groups in total. The zero-order chi connectivity index (χ0) is 22.6. The lowest BCUT2D eigenvalue weighted by molar-refractivity contribution is -0.143. The summed E-state index contributed by atoms with van der Waals surface area (Å²) in [5.74, 6) is 5.72. The average molecular weight is 433 g/mol. The Balaban J connectivity index is 1.53. The number of aromatic nitrogens is 3. The molecule has 7 heteroatoms. The summed E-state index contributed by atoms with van der Waals surface area (Å²) >= 11 is 0. The number of pyridine rings is 2. The smallest absolute Gasteiger partial charge is 0.300 e. The summed E-state index contributed by atoms with van der Waals surface area (Å²) in [4.78, 5) is 20.4. The van der Waals surface area contributed by atoms with Gasteiger partial charge in [0, 0.05) is 48.1 Å². The Morgan fingerprint density at radius 1 is 1.00 bits per heavy atom. The third-order valence-corrected chi connectivity index (χ3v) is 4.84. The van der Waals surface area contributed by atoms with Crippen LogP contribution in [0, 0.1) is 11.8 Å². The van der Waals surface area contributed by atoms with Gasteiger partial charge in [0.1, 0.15) is 11.4 Å².